The van der Waals surface area contributed by atoms with E-state index in [0.717, 1.165) is 30.5 Å². The van der Waals surface area contributed by atoms with Crippen LogP contribution in [0.15, 0.2) is 54.7 Å². The molecule has 0 aliphatic rings. The van der Waals surface area contributed by atoms with E-state index in [2.05, 4.69) is 10.4 Å². The molecule has 0 radical (unpaired) electrons. The van der Waals surface area contributed by atoms with Gasteiger partial charge in [-0.2, -0.15) is 18.3 Å². The van der Waals surface area contributed by atoms with E-state index in [4.69, 9.17) is 11.6 Å². The molecule has 0 saturated heterocycles. The molecule has 0 aliphatic carbocycles. The average molecular weight is 398 g/mol. The number of alkyl halides is 3. The highest BCUT2D eigenvalue weighted by Gasteiger charge is 2.40. The molecule has 140 valence electrons. The Morgan fingerprint density at radius 3 is 2.30 bits per heavy atom. The van der Waals surface area contributed by atoms with Gasteiger partial charge in [0.2, 0.25) is 0 Å². The molecule has 1 amide bonds. The fourth-order valence-electron chi connectivity index (χ4n) is 2.45. The second kappa shape index (κ2) is 7.40. The molecule has 1 N–H and O–H groups in total. The molecule has 1 heterocycles. The summed E-state index contributed by atoms with van der Waals surface area (Å²) >= 11 is 5.77. The lowest BCUT2D eigenvalue weighted by Gasteiger charge is -2.13. The van der Waals surface area contributed by atoms with Gasteiger partial charge in [-0.1, -0.05) is 23.7 Å². The van der Waals surface area contributed by atoms with Crippen LogP contribution < -0.4 is 5.32 Å². The SMILES string of the molecule is O=C(NCc1ccc(Cl)cc1)c1cnn(-c2ccc(F)cc2)c1C(F)(F)F. The number of nitrogens with zero attached hydrogens (tertiary/aromatic N) is 2. The summed E-state index contributed by atoms with van der Waals surface area (Å²) in [6.45, 7) is 0.0228. The number of hydrogen-bond donors (Lipinski definition) is 1. The van der Waals surface area contributed by atoms with Crippen molar-refractivity contribution >= 4 is 17.5 Å². The van der Waals surface area contributed by atoms with E-state index in [1.165, 1.54) is 0 Å². The zero-order valence-electron chi connectivity index (χ0n) is 13.6. The molecular weight excluding hydrogens is 386 g/mol. The van der Waals surface area contributed by atoms with Crippen LogP contribution in [0.4, 0.5) is 17.6 Å². The van der Waals surface area contributed by atoms with Crippen LogP contribution in [0.2, 0.25) is 5.02 Å². The van der Waals surface area contributed by atoms with Crippen molar-refractivity contribution in [2.24, 2.45) is 0 Å². The van der Waals surface area contributed by atoms with Gasteiger partial charge in [-0.25, -0.2) is 9.07 Å². The Hall–Kier alpha value is -2.87. The minimum absolute atomic E-state index is 0.0134. The molecule has 0 bridgehead atoms. The molecule has 2 aromatic carbocycles. The Labute approximate surface area is 156 Å². The van der Waals surface area contributed by atoms with E-state index in [1.807, 2.05) is 0 Å². The van der Waals surface area contributed by atoms with Gasteiger partial charge in [0.05, 0.1) is 17.4 Å². The fourth-order valence-corrected chi connectivity index (χ4v) is 2.57. The van der Waals surface area contributed by atoms with Gasteiger partial charge in [0.25, 0.3) is 5.91 Å². The van der Waals surface area contributed by atoms with Crippen LogP contribution >= 0.6 is 11.6 Å². The van der Waals surface area contributed by atoms with Crippen LogP contribution in [0.25, 0.3) is 5.69 Å². The van der Waals surface area contributed by atoms with Gasteiger partial charge in [0, 0.05) is 11.6 Å². The first-order chi connectivity index (χ1) is 12.8. The minimum Gasteiger partial charge on any atom is -0.348 e. The molecule has 1 aromatic heterocycles. The van der Waals surface area contributed by atoms with Crippen LogP contribution in [0.3, 0.4) is 0 Å². The van der Waals surface area contributed by atoms with Crippen molar-refractivity contribution in [3.05, 3.63) is 82.4 Å². The molecule has 0 aliphatic heterocycles. The molecule has 4 nitrogen and oxygen atoms in total. The molecule has 0 saturated carbocycles. The van der Waals surface area contributed by atoms with Gasteiger partial charge in [0.1, 0.15) is 5.82 Å². The maximum atomic E-state index is 13.5. The standard InChI is InChI=1S/C18H12ClF4N3O/c19-12-3-1-11(2-4-12)9-24-17(27)15-10-25-26(16(15)18(21,22)23)14-7-5-13(20)6-8-14/h1-8,10H,9H2,(H,24,27). The molecular formula is C18H12ClF4N3O. The van der Waals surface area contributed by atoms with Crippen molar-refractivity contribution in [1.29, 1.82) is 0 Å². The molecule has 0 atom stereocenters. The molecule has 27 heavy (non-hydrogen) atoms. The summed E-state index contributed by atoms with van der Waals surface area (Å²) in [5.74, 6) is -1.52. The van der Waals surface area contributed by atoms with Gasteiger partial charge in [-0.05, 0) is 42.0 Å². The summed E-state index contributed by atoms with van der Waals surface area (Å²) < 4.78 is 54.2. The molecule has 3 rings (SSSR count). The maximum Gasteiger partial charge on any atom is 0.434 e. The van der Waals surface area contributed by atoms with Crippen molar-refractivity contribution in [2.45, 2.75) is 12.7 Å². The first kappa shape index (κ1) is 18.9. The highest BCUT2D eigenvalue weighted by Crippen LogP contribution is 2.33. The number of nitrogens with one attached hydrogen (secondary N) is 1. The average Bonchev–Trinajstić information content (AvgIpc) is 3.07. The van der Waals surface area contributed by atoms with Crippen LogP contribution in [-0.2, 0) is 12.7 Å². The Kier molecular flexibility index (Phi) is 5.18. The smallest absolute Gasteiger partial charge is 0.348 e. The van der Waals surface area contributed by atoms with Gasteiger partial charge in [-0.15, -0.1) is 0 Å². The predicted molar refractivity (Wildman–Crippen MR) is 91.1 cm³/mol. The van der Waals surface area contributed by atoms with E-state index in [0.29, 0.717) is 15.3 Å². The number of aromatic nitrogens is 2. The quantitative estimate of drug-likeness (QED) is 0.653. The fraction of sp³-hybridized carbons (Fsp3) is 0.111. The summed E-state index contributed by atoms with van der Waals surface area (Å²) in [5.41, 5.74) is -1.20. The Balaban J connectivity index is 1.89. The van der Waals surface area contributed by atoms with Gasteiger partial charge in [0.15, 0.2) is 5.69 Å². The van der Waals surface area contributed by atoms with Crippen LogP contribution in [0.5, 0.6) is 0 Å². The van der Waals surface area contributed by atoms with Crippen molar-refractivity contribution in [3.63, 3.8) is 0 Å². The van der Waals surface area contributed by atoms with E-state index < -0.39 is 29.2 Å². The summed E-state index contributed by atoms with van der Waals surface area (Å²) in [4.78, 5) is 12.3. The van der Waals surface area contributed by atoms with E-state index in [-0.39, 0.29) is 12.2 Å². The second-order valence-corrected chi connectivity index (χ2v) is 6.04. The molecule has 0 fully saturated rings. The summed E-state index contributed by atoms with van der Waals surface area (Å²) in [5, 5.41) is 6.60. The molecule has 9 heteroatoms. The van der Waals surface area contributed by atoms with Gasteiger partial charge >= 0.3 is 6.18 Å². The number of rotatable bonds is 4. The number of benzene rings is 2. The molecule has 0 spiro atoms. The van der Waals surface area contributed by atoms with E-state index in [9.17, 15) is 22.4 Å². The Morgan fingerprint density at radius 1 is 1.07 bits per heavy atom. The third kappa shape index (κ3) is 4.28. The number of carbonyl (C=O) groups excluding carboxylic acids is 1. The summed E-state index contributed by atoms with van der Waals surface area (Å²) in [7, 11) is 0. The highest BCUT2D eigenvalue weighted by molar-refractivity contribution is 6.30. The van der Waals surface area contributed by atoms with Gasteiger partial charge < -0.3 is 5.32 Å². The number of hydrogen-bond acceptors (Lipinski definition) is 2. The maximum absolute atomic E-state index is 13.5. The molecule has 0 unspecified atom stereocenters. The van der Waals surface area contributed by atoms with Crippen LogP contribution in [0.1, 0.15) is 21.6 Å². The predicted octanol–water partition coefficient (Wildman–Crippen LogP) is 4.61. The van der Waals surface area contributed by atoms with Crippen molar-refractivity contribution < 1.29 is 22.4 Å². The van der Waals surface area contributed by atoms with Crippen LogP contribution in [0, 0.1) is 5.82 Å². The Bertz CT molecular complexity index is 950. The van der Waals surface area contributed by atoms with Crippen molar-refractivity contribution in [2.75, 3.05) is 0 Å². The lowest BCUT2D eigenvalue weighted by atomic mass is 10.2. The number of carbonyl (C=O) groups is 1. The number of amides is 1. The summed E-state index contributed by atoms with van der Waals surface area (Å²) in [6.07, 6.45) is -4.00. The monoisotopic (exact) mass is 397 g/mol. The number of halogens is 5. The van der Waals surface area contributed by atoms with Crippen molar-refractivity contribution in [3.8, 4) is 5.69 Å². The molecule has 3 aromatic rings. The third-order valence-electron chi connectivity index (χ3n) is 3.72. The second-order valence-electron chi connectivity index (χ2n) is 5.60. The third-order valence-corrected chi connectivity index (χ3v) is 3.97. The van der Waals surface area contributed by atoms with Crippen LogP contribution in [-0.4, -0.2) is 15.7 Å². The van der Waals surface area contributed by atoms with Crippen molar-refractivity contribution in [1.82, 2.24) is 15.1 Å². The largest absolute Gasteiger partial charge is 0.434 e. The minimum atomic E-state index is -4.84. The van der Waals surface area contributed by atoms with E-state index >= 15 is 0 Å². The zero-order valence-corrected chi connectivity index (χ0v) is 14.4. The lowest BCUT2D eigenvalue weighted by Crippen LogP contribution is -2.26. The lowest BCUT2D eigenvalue weighted by molar-refractivity contribution is -0.143. The normalized spacial score (nSPS) is 11.4. The topological polar surface area (TPSA) is 46.9 Å². The zero-order chi connectivity index (χ0) is 19.6. The summed E-state index contributed by atoms with van der Waals surface area (Å²) in [6, 6.07) is 10.8. The Morgan fingerprint density at radius 2 is 1.70 bits per heavy atom. The highest BCUT2D eigenvalue weighted by atomic mass is 35.5. The first-order valence-electron chi connectivity index (χ1n) is 7.69. The van der Waals surface area contributed by atoms with Gasteiger partial charge in [-0.3, -0.25) is 4.79 Å². The first-order valence-corrected chi connectivity index (χ1v) is 8.07. The van der Waals surface area contributed by atoms with E-state index in [1.54, 1.807) is 24.3 Å².